The molecule has 4 aromatic heterocycles. The molecular formula is C20H24N10O12P2S. The van der Waals surface area contributed by atoms with E-state index < -0.39 is 82.4 Å². The van der Waals surface area contributed by atoms with E-state index in [0.717, 1.165) is 6.33 Å². The molecule has 25 heteroatoms. The highest BCUT2D eigenvalue weighted by molar-refractivity contribution is 8.07. The van der Waals surface area contributed by atoms with Crippen LogP contribution in [-0.4, -0.2) is 109 Å². The van der Waals surface area contributed by atoms with E-state index in [0.29, 0.717) is 0 Å². The van der Waals surface area contributed by atoms with Crippen LogP contribution in [0.1, 0.15) is 12.5 Å². The molecule has 45 heavy (non-hydrogen) atoms. The number of imidazole rings is 2. The first-order chi connectivity index (χ1) is 21.3. The van der Waals surface area contributed by atoms with Crippen LogP contribution in [0.2, 0.25) is 0 Å². The molecule has 0 saturated carbocycles. The number of nitrogens with two attached hydrogens (primary N) is 2. The topological polar surface area (TPSA) is 313 Å². The number of ether oxygens (including phenoxy) is 2. The molecule has 3 aliphatic rings. The maximum Gasteiger partial charge on any atom is 0.472 e. The summed E-state index contributed by atoms with van der Waals surface area (Å²) in [6.07, 6.45) is -8.05. The number of H-pyrrole nitrogens is 1. The Labute approximate surface area is 254 Å². The fourth-order valence-electron chi connectivity index (χ4n) is 5.32. The first kappa shape index (κ1) is 30.6. The molecule has 7 rings (SSSR count). The molecule has 4 aromatic rings. The third-order valence-corrected chi connectivity index (χ3v) is 9.86. The second-order valence-corrected chi connectivity index (χ2v) is 14.3. The monoisotopic (exact) mass is 690 g/mol. The number of phosphoric ester groups is 1. The smallest absolute Gasteiger partial charge is 0.386 e. The van der Waals surface area contributed by atoms with Crippen molar-refractivity contribution in [3.05, 3.63) is 29.3 Å². The molecule has 3 fully saturated rings. The van der Waals surface area contributed by atoms with Gasteiger partial charge in [-0.05, 0) is 11.8 Å². The zero-order chi connectivity index (χ0) is 31.8. The second kappa shape index (κ2) is 11.1. The van der Waals surface area contributed by atoms with Gasteiger partial charge in [-0.1, -0.05) is 0 Å². The van der Waals surface area contributed by atoms with Gasteiger partial charge >= 0.3 is 14.5 Å². The van der Waals surface area contributed by atoms with Crippen LogP contribution in [0.3, 0.4) is 0 Å². The summed E-state index contributed by atoms with van der Waals surface area (Å²) in [4.78, 5) is 56.2. The number of fused-ring (bicyclic) bond motifs is 4. The number of nitrogens with one attached hydrogen (secondary N) is 1. The number of phosphoric acid groups is 1. The van der Waals surface area contributed by atoms with E-state index >= 15 is 0 Å². The highest BCUT2D eigenvalue weighted by atomic mass is 32.5. The normalized spacial score (nSPS) is 37.7. The van der Waals surface area contributed by atoms with Gasteiger partial charge in [-0.15, -0.1) is 0 Å². The van der Waals surface area contributed by atoms with Crippen LogP contribution in [0.15, 0.2) is 23.8 Å². The van der Waals surface area contributed by atoms with Gasteiger partial charge in [-0.3, -0.25) is 32.5 Å². The number of rotatable bonds is 2. The maximum atomic E-state index is 13.1. The Bertz CT molecular complexity index is 1940. The molecule has 3 saturated heterocycles. The van der Waals surface area contributed by atoms with Crippen molar-refractivity contribution in [3.63, 3.8) is 0 Å². The summed E-state index contributed by atoms with van der Waals surface area (Å²) in [5, 5.41) is 22.4. The zero-order valence-corrected chi connectivity index (χ0v) is 25.0. The van der Waals surface area contributed by atoms with Crippen molar-refractivity contribution in [2.45, 2.75) is 49.1 Å². The van der Waals surface area contributed by atoms with Crippen LogP contribution >= 0.6 is 14.5 Å². The largest absolute Gasteiger partial charge is 0.472 e. The SMILES string of the molecule is Nc1nc2c(ncn2[C@@H]2O[C@@H]3COP(O)(=S)O[C@H]4[C@@H](O)[C@H](n5cnc6c(N)ncnc65)O[C@@H]4COP(=O)(O)O[C@H]3[C@H]2O)c(=O)[nH]1. The third kappa shape index (κ3) is 5.44. The number of aromatic nitrogens is 8. The van der Waals surface area contributed by atoms with E-state index in [4.69, 9.17) is 50.8 Å². The average Bonchev–Trinajstić information content (AvgIpc) is 3.72. The molecule has 0 spiro atoms. The molecule has 0 radical (unpaired) electrons. The highest BCUT2D eigenvalue weighted by Gasteiger charge is 2.53. The Balaban J connectivity index is 1.17. The molecule has 22 nitrogen and oxygen atoms in total. The van der Waals surface area contributed by atoms with Crippen molar-refractivity contribution < 1.29 is 52.1 Å². The van der Waals surface area contributed by atoms with E-state index in [1.165, 1.54) is 21.8 Å². The van der Waals surface area contributed by atoms with Crippen molar-refractivity contribution in [2.24, 2.45) is 0 Å². The second-order valence-electron chi connectivity index (χ2n) is 10.1. The van der Waals surface area contributed by atoms with Gasteiger partial charge in [0.15, 0.2) is 35.1 Å². The van der Waals surface area contributed by atoms with Crippen LogP contribution in [-0.2, 0) is 43.9 Å². The number of nitrogen functional groups attached to an aromatic ring is 2. The Hall–Kier alpha value is -3.02. The van der Waals surface area contributed by atoms with Crippen molar-refractivity contribution >= 4 is 60.4 Å². The Morgan fingerprint density at radius 1 is 0.889 bits per heavy atom. The van der Waals surface area contributed by atoms with E-state index in [9.17, 15) is 29.4 Å². The lowest BCUT2D eigenvalue weighted by atomic mass is 10.1. The van der Waals surface area contributed by atoms with Crippen LogP contribution in [0, 0.1) is 0 Å². The van der Waals surface area contributed by atoms with Gasteiger partial charge in [0, 0.05) is 0 Å². The lowest BCUT2D eigenvalue weighted by molar-refractivity contribution is -0.0629. The molecule has 0 amide bonds. The molecule has 242 valence electrons. The summed E-state index contributed by atoms with van der Waals surface area (Å²) >= 11 is 5.19. The van der Waals surface area contributed by atoms with E-state index in [2.05, 4.69) is 29.9 Å². The summed E-state index contributed by atoms with van der Waals surface area (Å²) in [5.74, 6) is -0.169. The van der Waals surface area contributed by atoms with Crippen LogP contribution in [0.4, 0.5) is 11.8 Å². The van der Waals surface area contributed by atoms with Gasteiger partial charge in [-0.25, -0.2) is 24.5 Å². The summed E-state index contributed by atoms with van der Waals surface area (Å²) in [7, 11) is -5.00. The minimum absolute atomic E-state index is 0.0640. The summed E-state index contributed by atoms with van der Waals surface area (Å²) in [6.45, 7) is -5.56. The number of hydrogen-bond acceptors (Lipinski definition) is 18. The quantitative estimate of drug-likeness (QED) is 0.109. The fraction of sp³-hybridized carbons (Fsp3) is 0.500. The summed E-state index contributed by atoms with van der Waals surface area (Å²) < 4.78 is 49.0. The van der Waals surface area contributed by atoms with Crippen LogP contribution in [0.25, 0.3) is 22.3 Å². The fourth-order valence-corrected chi connectivity index (χ4v) is 7.73. The van der Waals surface area contributed by atoms with Crippen molar-refractivity contribution in [1.82, 2.24) is 39.0 Å². The standard InChI is InChI=1S/C20H24N10O12P2S/c21-14-8-15(24-3-23-14)29(4-25-8)18-11(32)13-6(39-18)1-37-43(34,35)41-12-7(2-38-44(36,45)42-13)40-19(10(12)31)30-5-26-9-16(30)27-20(22)28-17(9)33/h3-7,10-13,18-19,31-32H,1-2H2,(H,34,35)(H,36,45)(H2,21,23,24)(H3,22,27,28,33)/t6-,7-,10-,11-,12-,13-,18-,19-,44?/m1/s1. The third-order valence-electron chi connectivity index (χ3n) is 7.32. The van der Waals surface area contributed by atoms with Crippen molar-refractivity contribution in [2.75, 3.05) is 24.7 Å². The lowest BCUT2D eigenvalue weighted by Gasteiger charge is -2.29. The average molecular weight is 690 g/mol. The molecule has 2 unspecified atom stereocenters. The highest BCUT2D eigenvalue weighted by Crippen LogP contribution is 2.53. The number of aliphatic hydroxyl groups is 2. The number of hydrogen-bond donors (Lipinski definition) is 7. The van der Waals surface area contributed by atoms with Crippen molar-refractivity contribution in [3.8, 4) is 0 Å². The molecule has 3 aliphatic heterocycles. The Morgan fingerprint density at radius 2 is 1.49 bits per heavy atom. The minimum Gasteiger partial charge on any atom is -0.386 e. The summed E-state index contributed by atoms with van der Waals surface area (Å²) in [5.41, 5.74) is 11.1. The molecule has 7 heterocycles. The lowest BCUT2D eigenvalue weighted by Crippen LogP contribution is -2.39. The number of anilines is 2. The van der Waals surface area contributed by atoms with E-state index in [-0.39, 0.29) is 34.1 Å². The molecule has 0 bridgehead atoms. The van der Waals surface area contributed by atoms with Crippen molar-refractivity contribution in [1.29, 1.82) is 0 Å². The molecule has 10 atom stereocenters. The summed E-state index contributed by atoms with van der Waals surface area (Å²) in [6, 6.07) is 0. The van der Waals surface area contributed by atoms with Crippen LogP contribution in [0.5, 0.6) is 0 Å². The first-order valence-corrected chi connectivity index (χ1v) is 17.0. The predicted octanol–water partition coefficient (Wildman–Crippen LogP) is -2.23. The number of aromatic amines is 1. The Morgan fingerprint density at radius 3 is 2.18 bits per heavy atom. The van der Waals surface area contributed by atoms with E-state index in [1.54, 1.807) is 0 Å². The molecular weight excluding hydrogens is 666 g/mol. The number of aliphatic hydroxyl groups excluding tert-OH is 2. The maximum absolute atomic E-state index is 13.1. The van der Waals surface area contributed by atoms with Crippen LogP contribution < -0.4 is 17.0 Å². The zero-order valence-electron chi connectivity index (χ0n) is 22.4. The van der Waals surface area contributed by atoms with Gasteiger partial charge < -0.3 is 45.5 Å². The van der Waals surface area contributed by atoms with Gasteiger partial charge in [0.05, 0.1) is 25.9 Å². The van der Waals surface area contributed by atoms with Gasteiger partial charge in [0.1, 0.15) is 48.5 Å². The Kier molecular flexibility index (Phi) is 7.52. The number of nitrogens with zero attached hydrogens (tertiary/aromatic N) is 7. The molecule has 0 aromatic carbocycles. The minimum atomic E-state index is -5.00. The van der Waals surface area contributed by atoms with Gasteiger partial charge in [0.2, 0.25) is 5.95 Å². The first-order valence-electron chi connectivity index (χ1n) is 13.0. The molecule has 0 aliphatic carbocycles. The van der Waals surface area contributed by atoms with Gasteiger partial charge in [-0.2, -0.15) is 4.98 Å². The predicted molar refractivity (Wildman–Crippen MR) is 150 cm³/mol. The molecule has 9 N–H and O–H groups in total. The van der Waals surface area contributed by atoms with Gasteiger partial charge in [0.25, 0.3) is 5.56 Å². The van der Waals surface area contributed by atoms with E-state index in [1.807, 2.05) is 0 Å².